The first kappa shape index (κ1) is 17.9. The number of carbonyl (C=O) groups is 1. The summed E-state index contributed by atoms with van der Waals surface area (Å²) in [5.41, 5.74) is 2.86. The molecule has 1 aliphatic carbocycles. The Morgan fingerprint density at radius 2 is 2.03 bits per heavy atom. The molecule has 0 aliphatic heterocycles. The van der Waals surface area contributed by atoms with Gasteiger partial charge in [0.1, 0.15) is 6.54 Å². The zero-order valence-electron chi connectivity index (χ0n) is 15.6. The topological polar surface area (TPSA) is 79.8 Å². The number of aromatic amines is 1. The summed E-state index contributed by atoms with van der Waals surface area (Å²) < 4.78 is 1.21. The van der Waals surface area contributed by atoms with Crippen molar-refractivity contribution in [2.45, 2.75) is 31.8 Å². The van der Waals surface area contributed by atoms with Gasteiger partial charge in [-0.3, -0.25) is 9.59 Å². The summed E-state index contributed by atoms with van der Waals surface area (Å²) in [6.07, 6.45) is 4.38. The third kappa shape index (κ3) is 3.09. The summed E-state index contributed by atoms with van der Waals surface area (Å²) in [5.74, 6) is -0.238. The summed E-state index contributed by atoms with van der Waals surface area (Å²) in [6.45, 7) is -0.115. The van der Waals surface area contributed by atoms with Crippen molar-refractivity contribution in [3.05, 3.63) is 75.3 Å². The number of carbonyl (C=O) groups excluding carboxylic acids is 1. The van der Waals surface area contributed by atoms with E-state index >= 15 is 0 Å². The molecule has 7 heteroatoms. The van der Waals surface area contributed by atoms with E-state index in [4.69, 9.17) is 11.6 Å². The van der Waals surface area contributed by atoms with E-state index in [9.17, 15) is 9.59 Å². The number of nitrogens with one attached hydrogen (secondary N) is 2. The largest absolute Gasteiger partial charge is 0.355 e. The molecule has 4 aromatic rings. The fraction of sp³-hybridized carbons (Fsp3) is 0.227. The number of fused-ring (bicyclic) bond motifs is 4. The normalized spacial score (nSPS) is 16.1. The number of H-pyrrole nitrogens is 1. The van der Waals surface area contributed by atoms with Gasteiger partial charge >= 0.3 is 0 Å². The molecule has 146 valence electrons. The lowest BCUT2D eigenvalue weighted by atomic mass is 9.91. The number of hydrogen-bond donors (Lipinski definition) is 2. The molecule has 5 rings (SSSR count). The molecule has 0 unspecified atom stereocenters. The molecule has 29 heavy (non-hydrogen) atoms. The lowest BCUT2D eigenvalue weighted by Crippen LogP contribution is -2.36. The monoisotopic (exact) mass is 406 g/mol. The van der Waals surface area contributed by atoms with Crippen molar-refractivity contribution < 1.29 is 4.79 Å². The molecule has 2 heterocycles. The van der Waals surface area contributed by atoms with Gasteiger partial charge in [-0.1, -0.05) is 41.9 Å². The average molecular weight is 407 g/mol. The number of benzene rings is 2. The maximum absolute atomic E-state index is 12.7. The van der Waals surface area contributed by atoms with Gasteiger partial charge in [-0.05, 0) is 37.0 Å². The van der Waals surface area contributed by atoms with Gasteiger partial charge in [0, 0.05) is 16.5 Å². The first-order chi connectivity index (χ1) is 14.1. The molecule has 0 spiro atoms. The maximum Gasteiger partial charge on any atom is 0.275 e. The van der Waals surface area contributed by atoms with Crippen molar-refractivity contribution in [2.75, 3.05) is 0 Å². The second-order valence-corrected chi connectivity index (χ2v) is 7.79. The second kappa shape index (κ2) is 7.04. The van der Waals surface area contributed by atoms with Crippen LogP contribution < -0.4 is 10.9 Å². The van der Waals surface area contributed by atoms with E-state index in [1.54, 1.807) is 18.3 Å². The summed E-state index contributed by atoms with van der Waals surface area (Å²) in [7, 11) is 0. The van der Waals surface area contributed by atoms with Crippen LogP contribution in [0.2, 0.25) is 5.02 Å². The molecule has 0 fully saturated rings. The lowest BCUT2D eigenvalue weighted by Gasteiger charge is -2.24. The summed E-state index contributed by atoms with van der Waals surface area (Å²) >= 11 is 6.34. The highest BCUT2D eigenvalue weighted by Crippen LogP contribution is 2.36. The number of aromatic nitrogens is 3. The minimum atomic E-state index is -0.264. The number of aryl methyl sites for hydroxylation is 1. The summed E-state index contributed by atoms with van der Waals surface area (Å²) in [4.78, 5) is 28.7. The van der Waals surface area contributed by atoms with Crippen LogP contribution in [0.15, 0.2) is 53.5 Å². The van der Waals surface area contributed by atoms with Gasteiger partial charge < -0.3 is 10.3 Å². The predicted molar refractivity (Wildman–Crippen MR) is 113 cm³/mol. The van der Waals surface area contributed by atoms with Crippen LogP contribution in [0.3, 0.4) is 0 Å². The van der Waals surface area contributed by atoms with Crippen molar-refractivity contribution >= 4 is 39.2 Å². The highest BCUT2D eigenvalue weighted by Gasteiger charge is 2.26. The molecule has 2 N–H and O–H groups in total. The van der Waals surface area contributed by atoms with Gasteiger partial charge in [0.05, 0.1) is 28.2 Å². The first-order valence-electron chi connectivity index (χ1n) is 9.65. The zero-order valence-corrected chi connectivity index (χ0v) is 16.4. The Morgan fingerprint density at radius 1 is 1.21 bits per heavy atom. The molecule has 2 aromatic heterocycles. The molecular formula is C22H19ClN4O2. The average Bonchev–Trinajstić information content (AvgIpc) is 3.12. The minimum Gasteiger partial charge on any atom is -0.355 e. The van der Waals surface area contributed by atoms with Gasteiger partial charge in [0.2, 0.25) is 5.91 Å². The predicted octanol–water partition coefficient (Wildman–Crippen LogP) is 3.73. The molecule has 0 radical (unpaired) electrons. The molecule has 1 atom stereocenters. The van der Waals surface area contributed by atoms with Gasteiger partial charge in [0.15, 0.2) is 0 Å². The lowest BCUT2D eigenvalue weighted by molar-refractivity contribution is -0.122. The molecular weight excluding hydrogens is 388 g/mol. The molecule has 0 saturated carbocycles. The summed E-state index contributed by atoms with van der Waals surface area (Å²) in [6, 6.07) is 13.0. The van der Waals surface area contributed by atoms with Crippen LogP contribution >= 0.6 is 11.6 Å². The molecule has 2 aromatic carbocycles. The minimum absolute atomic E-state index is 0.115. The van der Waals surface area contributed by atoms with Crippen LogP contribution in [0.5, 0.6) is 0 Å². The zero-order chi connectivity index (χ0) is 20.0. The highest BCUT2D eigenvalue weighted by atomic mass is 35.5. The molecule has 1 aliphatic rings. The first-order valence-corrected chi connectivity index (χ1v) is 10.0. The number of halogens is 1. The Bertz CT molecular complexity index is 1310. The quantitative estimate of drug-likeness (QED) is 0.544. The number of para-hydroxylation sites is 1. The van der Waals surface area contributed by atoms with Gasteiger partial charge in [-0.25, -0.2) is 4.68 Å². The molecule has 0 saturated heterocycles. The second-order valence-electron chi connectivity index (χ2n) is 7.39. The Labute approximate surface area is 171 Å². The third-order valence-electron chi connectivity index (χ3n) is 5.58. The van der Waals surface area contributed by atoms with Gasteiger partial charge in [-0.15, -0.1) is 0 Å². The van der Waals surface area contributed by atoms with Crippen molar-refractivity contribution in [1.82, 2.24) is 20.1 Å². The SMILES string of the molecule is O=C(Cn1ncc2ccccc2c1=O)N[C@H]1CCCc2c1[nH]c1c(Cl)cccc21. The Balaban J connectivity index is 1.41. The third-order valence-corrected chi connectivity index (χ3v) is 5.90. The Hall–Kier alpha value is -3.12. The Morgan fingerprint density at radius 3 is 2.93 bits per heavy atom. The van der Waals surface area contributed by atoms with Crippen LogP contribution in [-0.2, 0) is 17.8 Å². The van der Waals surface area contributed by atoms with Crippen molar-refractivity contribution in [2.24, 2.45) is 0 Å². The van der Waals surface area contributed by atoms with E-state index in [-0.39, 0.29) is 24.1 Å². The molecule has 0 bridgehead atoms. The van der Waals surface area contributed by atoms with Crippen LogP contribution in [0.1, 0.15) is 30.1 Å². The van der Waals surface area contributed by atoms with E-state index in [0.29, 0.717) is 10.4 Å². The van der Waals surface area contributed by atoms with Gasteiger partial charge in [0.25, 0.3) is 5.56 Å². The van der Waals surface area contributed by atoms with Crippen LogP contribution in [-0.4, -0.2) is 20.7 Å². The number of hydrogen-bond acceptors (Lipinski definition) is 3. The summed E-state index contributed by atoms with van der Waals surface area (Å²) in [5, 5.41) is 10.3. The number of nitrogens with zero attached hydrogens (tertiary/aromatic N) is 2. The van der Waals surface area contributed by atoms with Crippen LogP contribution in [0.4, 0.5) is 0 Å². The smallest absolute Gasteiger partial charge is 0.275 e. The number of amides is 1. The maximum atomic E-state index is 12.7. The molecule has 6 nitrogen and oxygen atoms in total. The van der Waals surface area contributed by atoms with Crippen molar-refractivity contribution in [3.63, 3.8) is 0 Å². The van der Waals surface area contributed by atoms with Crippen LogP contribution in [0, 0.1) is 0 Å². The number of rotatable bonds is 3. The van der Waals surface area contributed by atoms with Crippen LogP contribution in [0.25, 0.3) is 21.7 Å². The van der Waals surface area contributed by atoms with E-state index in [0.717, 1.165) is 41.2 Å². The Kier molecular flexibility index (Phi) is 4.36. The van der Waals surface area contributed by atoms with Crippen molar-refractivity contribution in [1.29, 1.82) is 0 Å². The standard InChI is InChI=1S/C22H19ClN4O2/c23-17-9-3-7-15-16-8-4-10-18(21(16)26-20(15)17)25-19(28)12-27-22(29)14-6-2-1-5-13(14)11-24-27/h1-3,5-7,9,11,18,26H,4,8,10,12H2,(H,25,28)/t18-/m0/s1. The fourth-order valence-electron chi connectivity index (χ4n) is 4.21. The highest BCUT2D eigenvalue weighted by molar-refractivity contribution is 6.35. The van der Waals surface area contributed by atoms with Crippen molar-refractivity contribution in [3.8, 4) is 0 Å². The van der Waals surface area contributed by atoms with Gasteiger partial charge in [-0.2, -0.15) is 5.10 Å². The fourth-order valence-corrected chi connectivity index (χ4v) is 4.43. The molecule has 1 amide bonds. The van der Waals surface area contributed by atoms with E-state index in [1.807, 2.05) is 24.3 Å². The van der Waals surface area contributed by atoms with E-state index in [1.165, 1.54) is 10.2 Å². The van der Waals surface area contributed by atoms with E-state index < -0.39 is 0 Å². The van der Waals surface area contributed by atoms with E-state index in [2.05, 4.69) is 21.5 Å².